The monoisotopic (exact) mass is 699 g/mol. The second-order valence-electron chi connectivity index (χ2n) is 11.9. The Morgan fingerprint density at radius 3 is 2.39 bits per heavy atom. The molecular weight excluding hydrogens is 653 g/mol. The first-order valence-corrected chi connectivity index (χ1v) is 17.3. The topological polar surface area (TPSA) is 149 Å². The minimum Gasteiger partial charge on any atom is -0.486 e. The van der Waals surface area contributed by atoms with Crippen LogP contribution in [0, 0.1) is 24.2 Å². The Morgan fingerprint density at radius 2 is 1.82 bits per heavy atom. The first-order valence-electron chi connectivity index (χ1n) is 17.3. The zero-order valence-corrected chi connectivity index (χ0v) is 29.2. The van der Waals surface area contributed by atoms with Crippen molar-refractivity contribution in [2.24, 2.45) is 0 Å². The van der Waals surface area contributed by atoms with Gasteiger partial charge < -0.3 is 29.9 Å². The maximum Gasteiger partial charge on any atom is 0.230 e. The summed E-state index contributed by atoms with van der Waals surface area (Å²) in [5.41, 5.74) is 2.88. The highest BCUT2D eigenvalue weighted by atomic mass is 19.1. The number of carbonyl (C=O) groups is 2. The molecule has 0 spiro atoms. The van der Waals surface area contributed by atoms with E-state index in [1.807, 2.05) is 26.0 Å². The van der Waals surface area contributed by atoms with Crippen LogP contribution in [0.25, 0.3) is 11.4 Å². The summed E-state index contributed by atoms with van der Waals surface area (Å²) in [6.45, 7) is 11.0. The zero-order chi connectivity index (χ0) is 36.6. The molecule has 4 fully saturated rings. The first-order chi connectivity index (χ1) is 25.0. The number of carbonyl (C=O) groups excluding carboxylic acids is 2. The number of nitrogens with one attached hydrogen (secondary N) is 2. The number of aromatic nitrogens is 3. The molecule has 13 nitrogen and oxygen atoms in total. The largest absolute Gasteiger partial charge is 0.486 e. The predicted molar refractivity (Wildman–Crippen MR) is 193 cm³/mol. The summed E-state index contributed by atoms with van der Waals surface area (Å²) in [5, 5.41) is 15.6. The number of nitrogens with zero attached hydrogens (tertiary/aromatic N) is 7. The van der Waals surface area contributed by atoms with Gasteiger partial charge in [0.05, 0.1) is 31.4 Å². The normalized spacial score (nSPS) is 20.0. The number of terminal acetylenes is 1. The van der Waals surface area contributed by atoms with E-state index in [4.69, 9.17) is 9.47 Å². The molecule has 1 aromatic heterocycles. The average molecular weight is 700 g/mol. The summed E-state index contributed by atoms with van der Waals surface area (Å²) in [7, 11) is 0. The molecule has 5 heterocycles. The van der Waals surface area contributed by atoms with Crippen molar-refractivity contribution in [3.8, 4) is 36.1 Å². The van der Waals surface area contributed by atoms with Crippen molar-refractivity contribution in [2.75, 3.05) is 69.2 Å². The number of nitriles is 1. The fourth-order valence-corrected chi connectivity index (χ4v) is 5.88. The number of benzene rings is 2. The molecule has 2 atom stereocenters. The number of likely N-dealkylation sites (tertiary alicyclic amines) is 1. The predicted octanol–water partition coefficient (Wildman–Crippen LogP) is 3.79. The lowest BCUT2D eigenvalue weighted by atomic mass is 10.1. The summed E-state index contributed by atoms with van der Waals surface area (Å²) in [4.78, 5) is 40.4. The summed E-state index contributed by atoms with van der Waals surface area (Å²) in [5.74, 6) is 1.25. The lowest BCUT2D eigenvalue weighted by molar-refractivity contribution is -0.121. The van der Waals surface area contributed by atoms with Crippen LogP contribution < -0.4 is 20.3 Å². The molecule has 2 aromatic carbocycles. The van der Waals surface area contributed by atoms with Crippen molar-refractivity contribution in [2.45, 2.75) is 51.4 Å². The summed E-state index contributed by atoms with van der Waals surface area (Å²) >= 11 is 0. The molecule has 0 saturated carbocycles. The summed E-state index contributed by atoms with van der Waals surface area (Å²) in [6.07, 6.45) is 10.1. The van der Waals surface area contributed by atoms with Gasteiger partial charge >= 0.3 is 0 Å². The molecule has 51 heavy (non-hydrogen) atoms. The van der Waals surface area contributed by atoms with Crippen LogP contribution in [0.3, 0.4) is 0 Å². The van der Waals surface area contributed by atoms with Gasteiger partial charge in [-0.2, -0.15) is 10.2 Å². The number of alkyl halides is 1. The van der Waals surface area contributed by atoms with Crippen molar-refractivity contribution < 1.29 is 23.5 Å². The number of halogens is 1. The minimum absolute atomic E-state index is 0.0228. The van der Waals surface area contributed by atoms with Crippen LogP contribution in [0.2, 0.25) is 0 Å². The lowest BCUT2D eigenvalue weighted by Crippen LogP contribution is -2.56. The summed E-state index contributed by atoms with van der Waals surface area (Å²) < 4.78 is 25.7. The Hall–Kier alpha value is -5.31. The van der Waals surface area contributed by atoms with Crippen molar-refractivity contribution in [3.05, 3.63) is 54.4 Å². The van der Waals surface area contributed by atoms with E-state index in [2.05, 4.69) is 66.4 Å². The standard InChI is InChI=1S/C29H31FN8O3.C4H7NO.C2H6.C2H2/c30-25-15-36(19-39)8-7-27(25)41-26-6-1-20(13-21(26)14-31)28-32-18-33-29(35-28)34-22-2-4-23(5-3-22)37-9-11-38(12-10-37)24-16-40-17-24;6-4-2-1-3-5-4;2*1-2/h1-6,13,18-19,24-25,27H,7-12,15-17H2,(H,32,33,34,35);1-3H2,(H,5,6);1-2H3;1-2H/t25-,27+;;;/m1.../s1. The molecule has 4 saturated heterocycles. The number of amides is 2. The maximum atomic E-state index is 14.5. The van der Waals surface area contributed by atoms with Crippen LogP contribution >= 0.6 is 0 Å². The fourth-order valence-electron chi connectivity index (χ4n) is 5.88. The average Bonchev–Trinajstić information content (AvgIpc) is 3.65. The van der Waals surface area contributed by atoms with E-state index in [9.17, 15) is 19.2 Å². The molecular formula is C37H46FN9O4. The van der Waals surface area contributed by atoms with E-state index in [1.54, 1.807) is 18.2 Å². The van der Waals surface area contributed by atoms with Crippen molar-refractivity contribution in [1.29, 1.82) is 5.26 Å². The van der Waals surface area contributed by atoms with E-state index in [1.165, 1.54) is 16.9 Å². The lowest BCUT2D eigenvalue weighted by Gasteiger charge is -2.43. The Morgan fingerprint density at radius 1 is 1.08 bits per heavy atom. The second kappa shape index (κ2) is 19.8. The third-order valence-corrected chi connectivity index (χ3v) is 8.71. The molecule has 4 aliphatic heterocycles. The Balaban J connectivity index is 0.000000516. The molecule has 0 radical (unpaired) electrons. The highest BCUT2D eigenvalue weighted by Crippen LogP contribution is 2.29. The van der Waals surface area contributed by atoms with Crippen molar-refractivity contribution in [1.82, 2.24) is 30.1 Å². The smallest absolute Gasteiger partial charge is 0.230 e. The van der Waals surface area contributed by atoms with Gasteiger partial charge in [0.1, 0.15) is 24.3 Å². The third kappa shape index (κ3) is 10.6. The third-order valence-electron chi connectivity index (χ3n) is 8.71. The fraction of sp³-hybridized carbons (Fsp3) is 0.459. The number of rotatable bonds is 8. The molecule has 270 valence electrons. The van der Waals surface area contributed by atoms with Gasteiger partial charge in [0.2, 0.25) is 18.3 Å². The van der Waals surface area contributed by atoms with Crippen LogP contribution in [0.15, 0.2) is 48.8 Å². The van der Waals surface area contributed by atoms with Crippen LogP contribution in [-0.2, 0) is 14.3 Å². The molecule has 7 rings (SSSR count). The van der Waals surface area contributed by atoms with Gasteiger partial charge in [-0.25, -0.2) is 14.4 Å². The van der Waals surface area contributed by atoms with Crippen molar-refractivity contribution in [3.63, 3.8) is 0 Å². The molecule has 3 aromatic rings. The summed E-state index contributed by atoms with van der Waals surface area (Å²) in [6, 6.07) is 15.9. The van der Waals surface area contributed by atoms with Crippen molar-refractivity contribution >= 4 is 29.6 Å². The Labute approximate surface area is 299 Å². The molecule has 0 aliphatic carbocycles. The van der Waals surface area contributed by atoms with Gasteiger partial charge in [-0.15, -0.1) is 12.8 Å². The number of piperazine rings is 1. The zero-order valence-electron chi connectivity index (χ0n) is 29.2. The Bertz CT molecular complexity index is 1610. The van der Waals surface area contributed by atoms with Gasteiger partial charge in [-0.1, -0.05) is 13.8 Å². The number of hydrogen-bond donors (Lipinski definition) is 2. The molecule has 2 amide bonds. The number of piperidine rings is 1. The highest BCUT2D eigenvalue weighted by molar-refractivity contribution is 5.77. The quantitative estimate of drug-likeness (QED) is 0.261. The number of ether oxygens (including phenoxy) is 2. The maximum absolute atomic E-state index is 14.5. The van der Waals surface area contributed by atoms with E-state index in [-0.39, 0.29) is 23.8 Å². The van der Waals surface area contributed by atoms with Gasteiger partial charge in [0.25, 0.3) is 0 Å². The van der Waals surface area contributed by atoms with Crippen LogP contribution in [0.1, 0.15) is 38.7 Å². The van der Waals surface area contributed by atoms with E-state index in [0.717, 1.165) is 64.5 Å². The van der Waals surface area contributed by atoms with E-state index < -0.39 is 12.3 Å². The van der Waals surface area contributed by atoms with Gasteiger partial charge in [0, 0.05) is 69.0 Å². The molecule has 0 unspecified atom stereocenters. The second-order valence-corrected chi connectivity index (χ2v) is 11.9. The minimum atomic E-state index is -1.33. The van der Waals surface area contributed by atoms with E-state index in [0.29, 0.717) is 42.8 Å². The Kier molecular flexibility index (Phi) is 14.9. The van der Waals surface area contributed by atoms with Crippen LogP contribution in [0.4, 0.5) is 21.7 Å². The molecule has 0 bridgehead atoms. The molecule has 14 heteroatoms. The van der Waals surface area contributed by atoms with Gasteiger partial charge in [-0.05, 0) is 48.9 Å². The van der Waals surface area contributed by atoms with Crippen LogP contribution in [0.5, 0.6) is 5.75 Å². The van der Waals surface area contributed by atoms with Gasteiger partial charge in [-0.3, -0.25) is 14.5 Å². The van der Waals surface area contributed by atoms with E-state index >= 15 is 0 Å². The SMILES string of the molecule is C#C.CC.N#Cc1cc(-c2ncnc(Nc3ccc(N4CCN(C5COC5)CC4)cc3)n2)ccc1O[C@H]1CCN(C=O)C[C@H]1F.O=C1CCCN1. The molecule has 2 N–H and O–H groups in total. The number of anilines is 3. The van der Waals surface area contributed by atoms with Gasteiger partial charge in [0.15, 0.2) is 12.0 Å². The highest BCUT2D eigenvalue weighted by Gasteiger charge is 2.31. The number of hydrogen-bond acceptors (Lipinski definition) is 11. The first kappa shape index (κ1) is 38.5. The molecule has 4 aliphatic rings. The van der Waals surface area contributed by atoms with Crippen LogP contribution in [-0.4, -0.2) is 114 Å².